The van der Waals surface area contributed by atoms with E-state index in [9.17, 15) is 24.5 Å². The van der Waals surface area contributed by atoms with Gasteiger partial charge in [-0.3, -0.25) is 13.8 Å². The number of allylic oxidation sites excluding steroid dienone is 8. The summed E-state index contributed by atoms with van der Waals surface area (Å²) in [5.41, 5.74) is 0. The number of quaternary nitrogens is 1. The standard InChI is InChI=1S/C38H71N2O7P/c1-6-8-10-12-14-16-18-20-22-24-26-28-30-36(41)38(43)35(34-47-48(44,45)46-33-32-40(3,4)5)39-37(42)31-29-27-25-23-21-19-17-15-13-11-9-7-2/h6,8,14-17,22,24,35-36,38,41,43H,7,9-13,18-21,23,25-34H2,1-5H3,(H-,39,42,44,45)/p+1/b8-6+,16-14+,17-15-,24-22+. The predicted molar refractivity (Wildman–Crippen MR) is 200 cm³/mol. The Balaban J connectivity index is 4.75. The molecule has 4 unspecified atom stereocenters. The minimum Gasteiger partial charge on any atom is -0.390 e. The summed E-state index contributed by atoms with van der Waals surface area (Å²) in [6.45, 7) is 4.28. The maximum atomic E-state index is 12.8. The molecule has 0 spiro atoms. The van der Waals surface area contributed by atoms with E-state index in [0.29, 0.717) is 30.3 Å². The molecular weight excluding hydrogens is 627 g/mol. The number of likely N-dealkylation sites (N-methyl/N-ethyl adjacent to an activating group) is 1. The summed E-state index contributed by atoms with van der Waals surface area (Å²) in [6.07, 6.45) is 31.9. The van der Waals surface area contributed by atoms with Gasteiger partial charge >= 0.3 is 7.82 Å². The maximum absolute atomic E-state index is 12.8. The highest BCUT2D eigenvalue weighted by molar-refractivity contribution is 7.47. The number of aliphatic hydroxyl groups excluding tert-OH is 2. The monoisotopic (exact) mass is 700 g/mol. The van der Waals surface area contributed by atoms with Crippen LogP contribution in [0.2, 0.25) is 0 Å². The molecular formula is C38H72N2O7P+. The van der Waals surface area contributed by atoms with Crippen molar-refractivity contribution in [1.82, 2.24) is 5.32 Å². The number of aliphatic hydroxyl groups is 2. The predicted octanol–water partition coefficient (Wildman–Crippen LogP) is 8.32. The van der Waals surface area contributed by atoms with Gasteiger partial charge in [0.1, 0.15) is 19.3 Å². The first-order valence-electron chi connectivity index (χ1n) is 18.6. The van der Waals surface area contributed by atoms with Crippen molar-refractivity contribution in [1.29, 1.82) is 0 Å². The van der Waals surface area contributed by atoms with Crippen molar-refractivity contribution in [3.63, 3.8) is 0 Å². The van der Waals surface area contributed by atoms with Gasteiger partial charge in [-0.1, -0.05) is 87.6 Å². The van der Waals surface area contributed by atoms with Crippen LogP contribution in [0, 0.1) is 0 Å². The van der Waals surface area contributed by atoms with Crippen molar-refractivity contribution in [2.45, 2.75) is 148 Å². The fourth-order valence-corrected chi connectivity index (χ4v) is 5.61. The third-order valence-corrected chi connectivity index (χ3v) is 8.93. The van der Waals surface area contributed by atoms with Crippen molar-refractivity contribution in [2.24, 2.45) is 0 Å². The van der Waals surface area contributed by atoms with Gasteiger partial charge in [0, 0.05) is 6.42 Å². The van der Waals surface area contributed by atoms with Gasteiger partial charge in [0.15, 0.2) is 0 Å². The summed E-state index contributed by atoms with van der Waals surface area (Å²) >= 11 is 0. The van der Waals surface area contributed by atoms with Crippen LogP contribution in [-0.4, -0.2) is 84.6 Å². The van der Waals surface area contributed by atoms with E-state index in [2.05, 4.69) is 60.8 Å². The molecule has 0 saturated heterocycles. The Morgan fingerprint density at radius 2 is 1.27 bits per heavy atom. The molecule has 10 heteroatoms. The third-order valence-electron chi connectivity index (χ3n) is 7.94. The van der Waals surface area contributed by atoms with Crippen molar-refractivity contribution >= 4 is 13.7 Å². The molecule has 0 aromatic rings. The summed E-state index contributed by atoms with van der Waals surface area (Å²) in [4.78, 5) is 23.0. The summed E-state index contributed by atoms with van der Waals surface area (Å²) in [5.74, 6) is -0.289. The summed E-state index contributed by atoms with van der Waals surface area (Å²) in [6, 6.07) is -1.06. The molecule has 0 aromatic heterocycles. The Hall–Kier alpha value is -1.58. The molecule has 0 radical (unpaired) electrons. The maximum Gasteiger partial charge on any atom is 0.472 e. The SMILES string of the molecule is C/C=C/CC/C=C/CC/C=C/CCCC(O)C(O)C(COP(=O)(O)OCC[N+](C)(C)C)NC(=O)CCCCCCC/C=C\CCCCC. The lowest BCUT2D eigenvalue weighted by molar-refractivity contribution is -0.870. The van der Waals surface area contributed by atoms with Crippen molar-refractivity contribution in [3.05, 3.63) is 48.6 Å². The Kier molecular flexibility index (Phi) is 29.3. The fraction of sp³-hybridized carbons (Fsp3) is 0.763. The highest BCUT2D eigenvalue weighted by Gasteiger charge is 2.31. The normalized spacial score (nSPS) is 15.9. The molecule has 0 aliphatic carbocycles. The fourth-order valence-electron chi connectivity index (χ4n) is 4.88. The van der Waals surface area contributed by atoms with Crippen LogP contribution in [0.5, 0.6) is 0 Å². The number of nitrogens with zero attached hydrogens (tertiary/aromatic N) is 1. The molecule has 1 amide bonds. The van der Waals surface area contributed by atoms with Crippen LogP contribution in [-0.2, 0) is 18.4 Å². The molecule has 0 saturated carbocycles. The summed E-state index contributed by atoms with van der Waals surface area (Å²) < 4.78 is 23.3. The van der Waals surface area contributed by atoms with Gasteiger partial charge in [-0.05, 0) is 84.0 Å². The summed E-state index contributed by atoms with van der Waals surface area (Å²) in [7, 11) is 1.39. The second-order valence-electron chi connectivity index (χ2n) is 13.7. The van der Waals surface area contributed by atoms with E-state index in [1.807, 2.05) is 28.1 Å². The molecule has 9 nitrogen and oxygen atoms in total. The molecule has 4 atom stereocenters. The number of unbranched alkanes of at least 4 members (excludes halogenated alkanes) is 11. The van der Waals surface area contributed by atoms with Crippen LogP contribution in [0.25, 0.3) is 0 Å². The first-order chi connectivity index (χ1) is 22.9. The Labute approximate surface area is 293 Å². The molecule has 48 heavy (non-hydrogen) atoms. The Morgan fingerprint density at radius 1 is 0.750 bits per heavy atom. The van der Waals surface area contributed by atoms with Crippen LogP contribution < -0.4 is 5.32 Å². The van der Waals surface area contributed by atoms with Gasteiger partial charge in [0.25, 0.3) is 0 Å². The molecule has 0 rings (SSSR count). The number of nitrogens with one attached hydrogen (secondary N) is 1. The number of amides is 1. The number of carbonyl (C=O) groups excluding carboxylic acids is 1. The van der Waals surface area contributed by atoms with Crippen LogP contribution >= 0.6 is 7.82 Å². The van der Waals surface area contributed by atoms with Crippen LogP contribution in [0.4, 0.5) is 0 Å². The first-order valence-corrected chi connectivity index (χ1v) is 20.0. The van der Waals surface area contributed by atoms with E-state index in [-0.39, 0.29) is 18.9 Å². The van der Waals surface area contributed by atoms with Crippen molar-refractivity contribution in [2.75, 3.05) is 40.9 Å². The molecule has 4 N–H and O–H groups in total. The number of hydrogen-bond acceptors (Lipinski definition) is 6. The van der Waals surface area contributed by atoms with Gasteiger partial charge < -0.3 is 24.9 Å². The van der Waals surface area contributed by atoms with E-state index < -0.39 is 32.7 Å². The Bertz CT molecular complexity index is 946. The molecule has 0 bridgehead atoms. The first kappa shape index (κ1) is 46.4. The van der Waals surface area contributed by atoms with Crippen LogP contribution in [0.3, 0.4) is 0 Å². The lowest BCUT2D eigenvalue weighted by Gasteiger charge is -2.28. The number of carbonyl (C=O) groups is 1. The topological polar surface area (TPSA) is 125 Å². The second kappa shape index (κ2) is 30.3. The van der Waals surface area contributed by atoms with Gasteiger partial charge in [0.05, 0.1) is 39.9 Å². The van der Waals surface area contributed by atoms with E-state index in [0.717, 1.165) is 70.6 Å². The highest BCUT2D eigenvalue weighted by Crippen LogP contribution is 2.43. The minimum atomic E-state index is -4.42. The van der Waals surface area contributed by atoms with Crippen molar-refractivity contribution in [3.8, 4) is 0 Å². The van der Waals surface area contributed by atoms with Crippen LogP contribution in [0.15, 0.2) is 48.6 Å². The number of rotatable bonds is 32. The highest BCUT2D eigenvalue weighted by atomic mass is 31.2. The third kappa shape index (κ3) is 30.5. The number of hydrogen-bond donors (Lipinski definition) is 4. The van der Waals surface area contributed by atoms with Gasteiger partial charge in [-0.15, -0.1) is 0 Å². The lowest BCUT2D eigenvalue weighted by Crippen LogP contribution is -2.51. The smallest absolute Gasteiger partial charge is 0.390 e. The Morgan fingerprint density at radius 3 is 1.85 bits per heavy atom. The molecule has 0 heterocycles. The van der Waals surface area contributed by atoms with Gasteiger partial charge in [0.2, 0.25) is 5.91 Å². The van der Waals surface area contributed by atoms with E-state index >= 15 is 0 Å². The van der Waals surface area contributed by atoms with E-state index in [4.69, 9.17) is 9.05 Å². The van der Waals surface area contributed by atoms with Crippen LogP contribution in [0.1, 0.15) is 129 Å². The molecule has 0 aromatic carbocycles. The minimum absolute atomic E-state index is 0.00902. The molecule has 0 fully saturated rings. The van der Waals surface area contributed by atoms with E-state index in [1.54, 1.807) is 0 Å². The lowest BCUT2D eigenvalue weighted by atomic mass is 10.0. The molecule has 280 valence electrons. The average Bonchev–Trinajstić information content (AvgIpc) is 3.02. The molecule has 0 aliphatic rings. The second-order valence-corrected chi connectivity index (χ2v) is 15.2. The zero-order chi connectivity index (χ0) is 35.9. The van der Waals surface area contributed by atoms with Gasteiger partial charge in [-0.25, -0.2) is 4.57 Å². The largest absolute Gasteiger partial charge is 0.472 e. The van der Waals surface area contributed by atoms with Gasteiger partial charge in [-0.2, -0.15) is 0 Å². The van der Waals surface area contributed by atoms with Crippen molar-refractivity contribution < 1.29 is 38.0 Å². The summed E-state index contributed by atoms with van der Waals surface area (Å²) in [5, 5.41) is 24.4. The average molecular weight is 700 g/mol. The zero-order valence-electron chi connectivity index (χ0n) is 31.1. The number of phosphoric ester groups is 1. The molecule has 0 aliphatic heterocycles. The van der Waals surface area contributed by atoms with E-state index in [1.165, 1.54) is 19.3 Å². The number of phosphoric acid groups is 1. The zero-order valence-corrected chi connectivity index (χ0v) is 32.0. The quantitative estimate of drug-likeness (QED) is 0.0241.